The van der Waals surface area contributed by atoms with E-state index in [2.05, 4.69) is 5.32 Å². The van der Waals surface area contributed by atoms with E-state index in [0.717, 1.165) is 29.4 Å². The van der Waals surface area contributed by atoms with Crippen LogP contribution >= 0.6 is 0 Å². The third-order valence-corrected chi connectivity index (χ3v) is 8.47. The maximum absolute atomic E-state index is 14.0. The van der Waals surface area contributed by atoms with Gasteiger partial charge in [-0.25, -0.2) is 8.42 Å². The number of nitrogens with one attached hydrogen (secondary N) is 1. The van der Waals surface area contributed by atoms with Crippen LogP contribution in [0.2, 0.25) is 0 Å². The second kappa shape index (κ2) is 16.1. The van der Waals surface area contributed by atoms with Crippen LogP contribution in [0.5, 0.6) is 5.75 Å². The number of benzene rings is 3. The Kier molecular flexibility index (Phi) is 12.6. The van der Waals surface area contributed by atoms with Gasteiger partial charge < -0.3 is 15.0 Å². The molecule has 0 aromatic heterocycles. The lowest BCUT2D eigenvalue weighted by Crippen LogP contribution is -2.52. The van der Waals surface area contributed by atoms with Crippen LogP contribution in [0.4, 0.5) is 5.69 Å². The summed E-state index contributed by atoms with van der Waals surface area (Å²) < 4.78 is 32.6. The Bertz CT molecular complexity index is 1450. The molecule has 0 saturated carbocycles. The molecule has 0 heterocycles. The summed E-state index contributed by atoms with van der Waals surface area (Å²) in [4.78, 5) is 29.4. The Hall–Kier alpha value is -3.85. The summed E-state index contributed by atoms with van der Waals surface area (Å²) in [7, 11) is -3.65. The topological polar surface area (TPSA) is 96.0 Å². The van der Waals surface area contributed by atoms with Gasteiger partial charge in [0.15, 0.2) is 0 Å². The molecule has 0 aliphatic carbocycles. The van der Waals surface area contributed by atoms with E-state index in [4.69, 9.17) is 4.74 Å². The van der Waals surface area contributed by atoms with Crippen LogP contribution in [0.1, 0.15) is 56.7 Å². The monoisotopic (exact) mass is 607 g/mol. The van der Waals surface area contributed by atoms with Crippen molar-refractivity contribution in [3.05, 3.63) is 95.6 Å². The van der Waals surface area contributed by atoms with Gasteiger partial charge >= 0.3 is 0 Å². The highest BCUT2D eigenvalue weighted by atomic mass is 32.2. The molecule has 2 amide bonds. The molecular formula is C34H45N3O5S. The number of para-hydroxylation sites is 2. The van der Waals surface area contributed by atoms with Gasteiger partial charge in [-0.1, -0.05) is 79.2 Å². The molecule has 3 aromatic rings. The van der Waals surface area contributed by atoms with Gasteiger partial charge in [0.1, 0.15) is 11.8 Å². The predicted octanol–water partition coefficient (Wildman–Crippen LogP) is 5.49. The smallest absolute Gasteiger partial charge is 0.243 e. The minimum Gasteiger partial charge on any atom is -0.492 e. The number of ether oxygens (including phenoxy) is 1. The van der Waals surface area contributed by atoms with E-state index in [1.165, 1.54) is 4.31 Å². The number of hydrogen-bond acceptors (Lipinski definition) is 5. The van der Waals surface area contributed by atoms with Crippen LogP contribution in [-0.4, -0.2) is 56.6 Å². The maximum Gasteiger partial charge on any atom is 0.243 e. The van der Waals surface area contributed by atoms with Crippen molar-refractivity contribution in [1.29, 1.82) is 0 Å². The highest BCUT2D eigenvalue weighted by Gasteiger charge is 2.31. The van der Waals surface area contributed by atoms with Crippen LogP contribution in [0.3, 0.4) is 0 Å². The minimum absolute atomic E-state index is 0.0459. The van der Waals surface area contributed by atoms with Gasteiger partial charge in [0.05, 0.1) is 18.6 Å². The first-order chi connectivity index (χ1) is 20.5. The van der Waals surface area contributed by atoms with Crippen molar-refractivity contribution in [3.8, 4) is 5.75 Å². The van der Waals surface area contributed by atoms with Crippen LogP contribution in [0.15, 0.2) is 78.9 Å². The highest BCUT2D eigenvalue weighted by Crippen LogP contribution is 2.30. The SMILES string of the molecule is CCOc1ccccc1N(CCCC(=O)N(Cc1cccc(C)c1)[C@H](Cc1ccccc1)C(=O)N[C@@H](C)CC)S(C)(=O)=O. The predicted molar refractivity (Wildman–Crippen MR) is 173 cm³/mol. The number of sulfonamides is 1. The highest BCUT2D eigenvalue weighted by molar-refractivity contribution is 7.92. The zero-order valence-electron chi connectivity index (χ0n) is 26.0. The van der Waals surface area contributed by atoms with E-state index in [0.29, 0.717) is 24.5 Å². The van der Waals surface area contributed by atoms with Crippen LogP contribution in [0.25, 0.3) is 0 Å². The third kappa shape index (κ3) is 10.1. The van der Waals surface area contributed by atoms with Crippen molar-refractivity contribution in [2.75, 3.05) is 23.7 Å². The lowest BCUT2D eigenvalue weighted by Gasteiger charge is -2.33. The number of rotatable bonds is 16. The van der Waals surface area contributed by atoms with Crippen LogP contribution in [0, 0.1) is 6.92 Å². The first-order valence-corrected chi connectivity index (χ1v) is 16.8. The van der Waals surface area contributed by atoms with E-state index in [1.807, 2.05) is 82.3 Å². The van der Waals surface area contributed by atoms with Crippen molar-refractivity contribution in [2.24, 2.45) is 0 Å². The average molecular weight is 608 g/mol. The van der Waals surface area contributed by atoms with E-state index in [-0.39, 0.29) is 43.8 Å². The number of nitrogens with zero attached hydrogens (tertiary/aromatic N) is 2. The number of carbonyl (C=O) groups is 2. The Balaban J connectivity index is 1.91. The molecule has 0 saturated heterocycles. The summed E-state index contributed by atoms with van der Waals surface area (Å²) in [5, 5.41) is 3.08. The van der Waals surface area contributed by atoms with Crippen molar-refractivity contribution in [2.45, 2.75) is 72.0 Å². The van der Waals surface area contributed by atoms with Crippen molar-refractivity contribution in [3.63, 3.8) is 0 Å². The number of carbonyl (C=O) groups excluding carboxylic acids is 2. The lowest BCUT2D eigenvalue weighted by molar-refractivity contribution is -0.141. The number of aryl methyl sites for hydroxylation is 1. The molecule has 0 radical (unpaired) electrons. The van der Waals surface area contributed by atoms with E-state index in [9.17, 15) is 18.0 Å². The van der Waals surface area contributed by atoms with Gasteiger partial charge in [-0.3, -0.25) is 13.9 Å². The third-order valence-electron chi connectivity index (χ3n) is 7.29. The average Bonchev–Trinajstić information content (AvgIpc) is 2.97. The molecule has 0 spiro atoms. The Morgan fingerprint density at radius 1 is 0.930 bits per heavy atom. The molecule has 0 aliphatic rings. The molecule has 43 heavy (non-hydrogen) atoms. The summed E-state index contributed by atoms with van der Waals surface area (Å²) >= 11 is 0. The second-order valence-corrected chi connectivity index (χ2v) is 12.8. The fraction of sp³-hybridized carbons (Fsp3) is 0.412. The molecule has 0 aliphatic heterocycles. The molecule has 9 heteroatoms. The molecular weight excluding hydrogens is 562 g/mol. The Morgan fingerprint density at radius 3 is 2.26 bits per heavy atom. The molecule has 3 aromatic carbocycles. The number of anilines is 1. The normalized spacial score (nSPS) is 12.7. The molecule has 0 fully saturated rings. The van der Waals surface area contributed by atoms with Crippen molar-refractivity contribution < 1.29 is 22.7 Å². The summed E-state index contributed by atoms with van der Waals surface area (Å²) in [5.41, 5.74) is 3.37. The fourth-order valence-corrected chi connectivity index (χ4v) is 5.89. The number of amides is 2. The lowest BCUT2D eigenvalue weighted by atomic mass is 10.0. The van der Waals surface area contributed by atoms with Gasteiger partial charge in [0.25, 0.3) is 0 Å². The van der Waals surface area contributed by atoms with Gasteiger partial charge in [-0.05, 0) is 56.9 Å². The summed E-state index contributed by atoms with van der Waals surface area (Å²) in [5.74, 6) is 0.0448. The maximum atomic E-state index is 14.0. The van der Waals surface area contributed by atoms with E-state index < -0.39 is 16.1 Å². The molecule has 232 valence electrons. The zero-order valence-corrected chi connectivity index (χ0v) is 26.8. The zero-order chi connectivity index (χ0) is 31.4. The van der Waals surface area contributed by atoms with Crippen LogP contribution in [-0.2, 0) is 32.6 Å². The molecule has 1 N–H and O–H groups in total. The molecule has 0 bridgehead atoms. The second-order valence-electron chi connectivity index (χ2n) is 10.9. The van der Waals surface area contributed by atoms with Crippen LogP contribution < -0.4 is 14.4 Å². The van der Waals surface area contributed by atoms with E-state index in [1.54, 1.807) is 29.2 Å². The summed E-state index contributed by atoms with van der Waals surface area (Å²) in [6.45, 7) is 8.53. The molecule has 0 unspecified atom stereocenters. The number of hydrogen-bond donors (Lipinski definition) is 1. The van der Waals surface area contributed by atoms with Gasteiger partial charge in [0, 0.05) is 32.0 Å². The Labute approximate surface area is 257 Å². The van der Waals surface area contributed by atoms with Crippen molar-refractivity contribution in [1.82, 2.24) is 10.2 Å². The van der Waals surface area contributed by atoms with Gasteiger partial charge in [0.2, 0.25) is 21.8 Å². The standard InChI is InChI=1S/C34H45N3O5S/c1-6-27(4)35-34(39)31(24-28-16-9-8-10-17-28)36(25-29-18-13-15-26(3)23-29)33(38)21-14-22-37(43(5,40)41)30-19-11-12-20-32(30)42-7-2/h8-13,15-20,23,27,31H,6-7,14,21-22,24-25H2,1-5H3,(H,35,39)/t27-,31+/m0/s1. The molecule has 8 nitrogen and oxygen atoms in total. The quantitative estimate of drug-likeness (QED) is 0.232. The summed E-state index contributed by atoms with van der Waals surface area (Å²) in [6.07, 6.45) is 2.60. The molecule has 2 atom stereocenters. The van der Waals surface area contributed by atoms with Gasteiger partial charge in [-0.2, -0.15) is 0 Å². The minimum atomic E-state index is -3.65. The largest absolute Gasteiger partial charge is 0.492 e. The summed E-state index contributed by atoms with van der Waals surface area (Å²) in [6, 6.07) is 23.8. The molecule has 3 rings (SSSR count). The fourth-order valence-electron chi connectivity index (χ4n) is 4.93. The van der Waals surface area contributed by atoms with Crippen molar-refractivity contribution >= 4 is 27.5 Å². The first kappa shape index (κ1) is 33.6. The first-order valence-electron chi connectivity index (χ1n) is 14.9. The Morgan fingerprint density at radius 2 is 1.60 bits per heavy atom. The van der Waals surface area contributed by atoms with Gasteiger partial charge in [-0.15, -0.1) is 0 Å². The van der Waals surface area contributed by atoms with E-state index >= 15 is 0 Å².